The highest BCUT2D eigenvalue weighted by Crippen LogP contribution is 2.26. The van der Waals surface area contributed by atoms with Crippen molar-refractivity contribution in [2.24, 2.45) is 11.8 Å². The van der Waals surface area contributed by atoms with Gasteiger partial charge in [-0.3, -0.25) is 9.59 Å². The molecule has 3 unspecified atom stereocenters. The second-order valence-electron chi connectivity index (χ2n) is 6.86. The lowest BCUT2D eigenvalue weighted by molar-refractivity contribution is -0.149. The van der Waals surface area contributed by atoms with Gasteiger partial charge in [-0.25, -0.2) is 0 Å². The van der Waals surface area contributed by atoms with Gasteiger partial charge in [-0.1, -0.05) is 25.4 Å². The van der Waals surface area contributed by atoms with Crippen LogP contribution in [0.15, 0.2) is 24.3 Å². The fourth-order valence-electron chi connectivity index (χ4n) is 3.43. The fourth-order valence-corrected chi connectivity index (χ4v) is 3.56. The summed E-state index contributed by atoms with van der Waals surface area (Å²) >= 11 is 5.90. The zero-order valence-corrected chi connectivity index (χ0v) is 16.0. The molecule has 0 radical (unpaired) electrons. The summed E-state index contributed by atoms with van der Waals surface area (Å²) in [6.07, 6.45) is 0.974. The largest absolute Gasteiger partial charge is 0.481 e. The van der Waals surface area contributed by atoms with Crippen LogP contribution in [-0.4, -0.2) is 55.2 Å². The summed E-state index contributed by atoms with van der Waals surface area (Å²) < 4.78 is 0. The molecule has 3 rings (SSSR count). The Bertz CT molecular complexity index is 823. The van der Waals surface area contributed by atoms with Gasteiger partial charge in [0, 0.05) is 23.7 Å². The van der Waals surface area contributed by atoms with Crippen molar-refractivity contribution in [1.29, 1.82) is 0 Å². The number of carboxylic acids is 1. The third-order valence-corrected chi connectivity index (χ3v) is 5.27. The van der Waals surface area contributed by atoms with E-state index in [1.165, 1.54) is 4.80 Å². The number of likely N-dealkylation sites (tertiary alicyclic amines) is 1. The van der Waals surface area contributed by atoms with Crippen LogP contribution in [0, 0.1) is 11.8 Å². The summed E-state index contributed by atoms with van der Waals surface area (Å²) in [6, 6.07) is 6.52. The Hall–Kier alpha value is -2.48. The Balaban J connectivity index is 1.74. The standard InChI is InChI=1S/C18H22ClN5O3/c1-3-15(17(25)23-9-8-14(18(26)27)11(2)10-23)24-21-16(20-22-24)12-4-6-13(19)7-5-12/h4-7,11,14-15H,3,8-10H2,1-2H3,(H,26,27). The van der Waals surface area contributed by atoms with Crippen molar-refractivity contribution in [3.05, 3.63) is 29.3 Å². The van der Waals surface area contributed by atoms with Crippen molar-refractivity contribution >= 4 is 23.5 Å². The quantitative estimate of drug-likeness (QED) is 0.840. The van der Waals surface area contributed by atoms with Gasteiger partial charge in [0.25, 0.3) is 0 Å². The minimum absolute atomic E-state index is 0.0916. The Morgan fingerprint density at radius 3 is 2.63 bits per heavy atom. The Labute approximate surface area is 162 Å². The second-order valence-corrected chi connectivity index (χ2v) is 7.30. The zero-order valence-electron chi connectivity index (χ0n) is 15.2. The van der Waals surface area contributed by atoms with Crippen LogP contribution >= 0.6 is 11.6 Å². The van der Waals surface area contributed by atoms with Crippen molar-refractivity contribution in [1.82, 2.24) is 25.1 Å². The topological polar surface area (TPSA) is 101 Å². The third-order valence-electron chi connectivity index (χ3n) is 5.02. The minimum Gasteiger partial charge on any atom is -0.481 e. The molecule has 144 valence electrons. The molecule has 1 aliphatic rings. The molecule has 2 heterocycles. The first-order chi connectivity index (χ1) is 12.9. The van der Waals surface area contributed by atoms with E-state index in [1.807, 2.05) is 13.8 Å². The molecule has 1 aromatic heterocycles. The maximum absolute atomic E-state index is 13.0. The first-order valence-corrected chi connectivity index (χ1v) is 9.35. The molecule has 2 aromatic rings. The van der Waals surface area contributed by atoms with Crippen LogP contribution in [0.1, 0.15) is 32.7 Å². The van der Waals surface area contributed by atoms with E-state index in [-0.39, 0.29) is 11.8 Å². The monoisotopic (exact) mass is 391 g/mol. The van der Waals surface area contributed by atoms with E-state index < -0.39 is 17.9 Å². The molecular formula is C18H22ClN5O3. The van der Waals surface area contributed by atoms with Crippen molar-refractivity contribution < 1.29 is 14.7 Å². The number of nitrogens with zero attached hydrogens (tertiary/aromatic N) is 5. The van der Waals surface area contributed by atoms with E-state index in [4.69, 9.17) is 11.6 Å². The molecule has 27 heavy (non-hydrogen) atoms. The van der Waals surface area contributed by atoms with E-state index >= 15 is 0 Å². The number of aliphatic carboxylic acids is 1. The average Bonchev–Trinajstić information content (AvgIpc) is 3.12. The predicted octanol–water partition coefficient (Wildman–Crippen LogP) is 2.51. The molecule has 0 bridgehead atoms. The summed E-state index contributed by atoms with van der Waals surface area (Å²) in [5.41, 5.74) is 0.767. The SMILES string of the molecule is CCC(C(=O)N1CCC(C(=O)O)C(C)C1)n1nnc(-c2ccc(Cl)cc2)n1. The van der Waals surface area contributed by atoms with Crippen molar-refractivity contribution in [2.75, 3.05) is 13.1 Å². The number of benzene rings is 1. The van der Waals surface area contributed by atoms with Gasteiger partial charge in [0.2, 0.25) is 11.7 Å². The summed E-state index contributed by atoms with van der Waals surface area (Å²) in [4.78, 5) is 27.3. The zero-order chi connectivity index (χ0) is 19.6. The highest BCUT2D eigenvalue weighted by Gasteiger charge is 2.36. The Morgan fingerprint density at radius 1 is 1.33 bits per heavy atom. The van der Waals surface area contributed by atoms with E-state index in [1.54, 1.807) is 29.2 Å². The number of piperidine rings is 1. The number of carbonyl (C=O) groups excluding carboxylic acids is 1. The maximum Gasteiger partial charge on any atom is 0.306 e. The molecule has 1 amide bonds. The molecule has 8 nitrogen and oxygen atoms in total. The van der Waals surface area contributed by atoms with E-state index in [9.17, 15) is 14.7 Å². The van der Waals surface area contributed by atoms with Crippen LogP contribution in [0.2, 0.25) is 5.02 Å². The van der Waals surface area contributed by atoms with E-state index in [0.29, 0.717) is 36.8 Å². The van der Waals surface area contributed by atoms with Crippen LogP contribution in [0.3, 0.4) is 0 Å². The second kappa shape index (κ2) is 8.04. The van der Waals surface area contributed by atoms with Crippen LogP contribution in [0.5, 0.6) is 0 Å². The van der Waals surface area contributed by atoms with Crippen LogP contribution in [-0.2, 0) is 9.59 Å². The summed E-state index contributed by atoms with van der Waals surface area (Å²) in [6.45, 7) is 4.60. The van der Waals surface area contributed by atoms with Gasteiger partial charge >= 0.3 is 5.97 Å². The molecule has 0 spiro atoms. The van der Waals surface area contributed by atoms with Crippen LogP contribution in [0.4, 0.5) is 0 Å². The van der Waals surface area contributed by atoms with Gasteiger partial charge in [-0.05, 0) is 48.2 Å². The van der Waals surface area contributed by atoms with Gasteiger partial charge in [0.15, 0.2) is 6.04 Å². The van der Waals surface area contributed by atoms with Gasteiger partial charge in [-0.2, -0.15) is 4.80 Å². The molecule has 1 saturated heterocycles. The Morgan fingerprint density at radius 2 is 2.04 bits per heavy atom. The predicted molar refractivity (Wildman–Crippen MR) is 99.1 cm³/mol. The smallest absolute Gasteiger partial charge is 0.306 e. The van der Waals surface area contributed by atoms with Gasteiger partial charge < -0.3 is 10.0 Å². The fraction of sp³-hybridized carbons (Fsp3) is 0.500. The number of tetrazole rings is 1. The molecule has 0 saturated carbocycles. The van der Waals surface area contributed by atoms with Crippen LogP contribution < -0.4 is 0 Å². The highest BCUT2D eigenvalue weighted by molar-refractivity contribution is 6.30. The van der Waals surface area contributed by atoms with E-state index in [0.717, 1.165) is 5.56 Å². The third kappa shape index (κ3) is 4.10. The van der Waals surface area contributed by atoms with Gasteiger partial charge in [0.1, 0.15) is 0 Å². The summed E-state index contributed by atoms with van der Waals surface area (Å²) in [7, 11) is 0. The normalized spacial score (nSPS) is 21.1. The number of carboxylic acid groups (broad SMARTS) is 1. The van der Waals surface area contributed by atoms with Crippen molar-refractivity contribution in [3.8, 4) is 11.4 Å². The number of aromatic nitrogens is 4. The van der Waals surface area contributed by atoms with Gasteiger partial charge in [0.05, 0.1) is 5.92 Å². The number of carbonyl (C=O) groups is 2. The molecule has 0 aliphatic carbocycles. The van der Waals surface area contributed by atoms with Crippen LogP contribution in [0.25, 0.3) is 11.4 Å². The molecule has 1 N–H and O–H groups in total. The van der Waals surface area contributed by atoms with Gasteiger partial charge in [-0.15, -0.1) is 10.2 Å². The number of hydrogen-bond donors (Lipinski definition) is 1. The number of rotatable bonds is 5. The molecule has 9 heteroatoms. The molecule has 1 aromatic carbocycles. The first kappa shape index (κ1) is 19.3. The number of amides is 1. The molecule has 3 atom stereocenters. The average molecular weight is 392 g/mol. The van der Waals surface area contributed by atoms with Crippen molar-refractivity contribution in [2.45, 2.75) is 32.7 Å². The van der Waals surface area contributed by atoms with Crippen molar-refractivity contribution in [3.63, 3.8) is 0 Å². The number of halogens is 1. The molecule has 1 fully saturated rings. The van der Waals surface area contributed by atoms with E-state index in [2.05, 4.69) is 15.4 Å². The first-order valence-electron chi connectivity index (χ1n) is 8.97. The number of hydrogen-bond acceptors (Lipinski definition) is 5. The summed E-state index contributed by atoms with van der Waals surface area (Å²) in [5, 5.41) is 22.4. The lowest BCUT2D eigenvalue weighted by Crippen LogP contribution is -2.47. The molecule has 1 aliphatic heterocycles. The lowest BCUT2D eigenvalue weighted by atomic mass is 9.86. The minimum atomic E-state index is -0.799. The maximum atomic E-state index is 13.0. The highest BCUT2D eigenvalue weighted by atomic mass is 35.5. The Kier molecular flexibility index (Phi) is 5.74. The molecular weight excluding hydrogens is 370 g/mol. The summed E-state index contributed by atoms with van der Waals surface area (Å²) in [5.74, 6) is -0.975. The lowest BCUT2D eigenvalue weighted by Gasteiger charge is -2.36.